The molecule has 3 rings (SSSR count). The van der Waals surface area contributed by atoms with E-state index < -0.39 is 0 Å². The minimum absolute atomic E-state index is 0.361. The van der Waals surface area contributed by atoms with E-state index in [0.29, 0.717) is 6.42 Å². The van der Waals surface area contributed by atoms with Crippen LogP contribution in [0.3, 0.4) is 0 Å². The predicted octanol–water partition coefficient (Wildman–Crippen LogP) is 1.17. The molecule has 1 heterocycles. The van der Waals surface area contributed by atoms with Crippen molar-refractivity contribution >= 4 is 0 Å². The van der Waals surface area contributed by atoms with Crippen LogP contribution in [0, 0.1) is 0 Å². The highest BCUT2D eigenvalue weighted by molar-refractivity contribution is 5.44. The highest BCUT2D eigenvalue weighted by Crippen LogP contribution is 2.38. The van der Waals surface area contributed by atoms with Crippen molar-refractivity contribution in [2.45, 2.75) is 24.8 Å². The molecule has 0 fully saturated rings. The maximum atomic E-state index is 6.60. The number of hydrogen-bond acceptors (Lipinski definition) is 4. The van der Waals surface area contributed by atoms with Gasteiger partial charge >= 0.3 is 0 Å². The van der Waals surface area contributed by atoms with Gasteiger partial charge < -0.3 is 10.5 Å². The first-order chi connectivity index (χ1) is 9.10. The molecule has 19 heavy (non-hydrogen) atoms. The summed E-state index contributed by atoms with van der Waals surface area (Å²) in [5.74, 6) is 0.856. The summed E-state index contributed by atoms with van der Waals surface area (Å²) < 4.78 is 7.01. The highest BCUT2D eigenvalue weighted by atomic mass is 16.5. The molecule has 1 aromatic carbocycles. The largest absolute Gasteiger partial charge is 0.497 e. The number of nitrogens with two attached hydrogens (primary N) is 1. The van der Waals surface area contributed by atoms with Crippen LogP contribution in [0.1, 0.15) is 23.2 Å². The van der Waals surface area contributed by atoms with Crippen LogP contribution in [-0.4, -0.2) is 22.1 Å². The molecule has 1 aliphatic rings. The van der Waals surface area contributed by atoms with Gasteiger partial charge in [-0.2, -0.15) is 0 Å². The number of methoxy groups -OCH3 is 1. The third-order valence-electron chi connectivity index (χ3n) is 3.84. The zero-order chi connectivity index (χ0) is 13.5. The maximum absolute atomic E-state index is 6.60. The molecule has 0 amide bonds. The summed E-state index contributed by atoms with van der Waals surface area (Å²) in [7, 11) is 3.54. The molecule has 0 radical (unpaired) electrons. The number of aromatic nitrogens is 3. The van der Waals surface area contributed by atoms with Gasteiger partial charge in [0, 0.05) is 25.2 Å². The number of nitrogens with zero attached hydrogens (tertiary/aromatic N) is 3. The molecule has 5 heteroatoms. The van der Waals surface area contributed by atoms with Crippen LogP contribution in [0.4, 0.5) is 0 Å². The van der Waals surface area contributed by atoms with Crippen molar-refractivity contribution in [1.82, 2.24) is 15.0 Å². The van der Waals surface area contributed by atoms with Crippen LogP contribution in [-0.2, 0) is 25.4 Å². The monoisotopic (exact) mass is 258 g/mol. The zero-order valence-corrected chi connectivity index (χ0v) is 11.3. The Kier molecular flexibility index (Phi) is 2.78. The topological polar surface area (TPSA) is 66.0 Å². The number of fused-ring (bicyclic) bond motifs is 1. The van der Waals surface area contributed by atoms with Crippen molar-refractivity contribution in [2.24, 2.45) is 12.8 Å². The van der Waals surface area contributed by atoms with Crippen LogP contribution < -0.4 is 10.5 Å². The molecule has 1 atom stereocenters. The molecule has 1 unspecified atom stereocenters. The fourth-order valence-corrected chi connectivity index (χ4v) is 2.84. The Bertz CT molecular complexity index is 607. The first kappa shape index (κ1) is 12.2. The van der Waals surface area contributed by atoms with E-state index in [4.69, 9.17) is 10.5 Å². The van der Waals surface area contributed by atoms with E-state index in [1.165, 1.54) is 11.1 Å². The third-order valence-corrected chi connectivity index (χ3v) is 3.84. The van der Waals surface area contributed by atoms with Crippen molar-refractivity contribution in [1.29, 1.82) is 0 Å². The first-order valence-corrected chi connectivity index (χ1v) is 6.42. The van der Waals surface area contributed by atoms with Crippen molar-refractivity contribution in [3.8, 4) is 5.75 Å². The lowest BCUT2D eigenvalue weighted by molar-refractivity contribution is 0.406. The molecule has 1 aromatic heterocycles. The number of aryl methyl sites for hydroxylation is 2. The third kappa shape index (κ3) is 2.10. The molecule has 5 nitrogen and oxygen atoms in total. The van der Waals surface area contributed by atoms with Gasteiger partial charge in [0.25, 0.3) is 0 Å². The van der Waals surface area contributed by atoms with Gasteiger partial charge in [0.2, 0.25) is 0 Å². The zero-order valence-electron chi connectivity index (χ0n) is 11.3. The number of ether oxygens (including phenoxy) is 1. The maximum Gasteiger partial charge on any atom is 0.119 e. The normalized spacial score (nSPS) is 21.4. The molecule has 2 N–H and O–H groups in total. The van der Waals surface area contributed by atoms with E-state index in [-0.39, 0.29) is 5.54 Å². The number of rotatable bonds is 3. The second-order valence-corrected chi connectivity index (χ2v) is 5.24. The van der Waals surface area contributed by atoms with E-state index in [1.807, 2.05) is 19.3 Å². The van der Waals surface area contributed by atoms with E-state index in [2.05, 4.69) is 22.4 Å². The molecule has 0 aliphatic heterocycles. The average molecular weight is 258 g/mol. The van der Waals surface area contributed by atoms with Crippen LogP contribution in [0.2, 0.25) is 0 Å². The van der Waals surface area contributed by atoms with Crippen molar-refractivity contribution in [3.63, 3.8) is 0 Å². The van der Waals surface area contributed by atoms with Crippen molar-refractivity contribution < 1.29 is 4.74 Å². The average Bonchev–Trinajstić information content (AvgIpc) is 2.94. The summed E-state index contributed by atoms with van der Waals surface area (Å²) >= 11 is 0. The Morgan fingerprint density at radius 3 is 3.00 bits per heavy atom. The molecule has 0 bridgehead atoms. The molecule has 1 aliphatic carbocycles. The summed E-state index contributed by atoms with van der Waals surface area (Å²) in [5, 5.41) is 8.11. The molecule has 0 saturated carbocycles. The fraction of sp³-hybridized carbons (Fsp3) is 0.429. The molecule has 0 saturated heterocycles. The summed E-state index contributed by atoms with van der Waals surface area (Å²) in [6.07, 6.45) is 4.58. The smallest absolute Gasteiger partial charge is 0.119 e. The SMILES string of the molecule is COc1ccc2c(c1)C(N)(Cc1cn(C)nn1)CC2. The van der Waals surface area contributed by atoms with Gasteiger partial charge in [-0.3, -0.25) is 4.68 Å². The van der Waals surface area contributed by atoms with E-state index in [1.54, 1.807) is 11.8 Å². The predicted molar refractivity (Wildman–Crippen MR) is 71.9 cm³/mol. The van der Waals surface area contributed by atoms with Gasteiger partial charge in [-0.15, -0.1) is 5.10 Å². The fourth-order valence-electron chi connectivity index (χ4n) is 2.84. The van der Waals surface area contributed by atoms with Gasteiger partial charge in [0.15, 0.2) is 0 Å². The Morgan fingerprint density at radius 1 is 1.47 bits per heavy atom. The molecular weight excluding hydrogens is 240 g/mol. The van der Waals surface area contributed by atoms with Gasteiger partial charge in [0.1, 0.15) is 5.75 Å². The first-order valence-electron chi connectivity index (χ1n) is 6.42. The van der Waals surface area contributed by atoms with Gasteiger partial charge in [-0.05, 0) is 36.1 Å². The molecule has 0 spiro atoms. The molecule has 100 valence electrons. The quantitative estimate of drug-likeness (QED) is 0.897. The standard InChI is InChI=1S/C14H18N4O/c1-18-9-11(16-17-18)8-14(15)6-5-10-3-4-12(19-2)7-13(10)14/h3-4,7,9H,5-6,8,15H2,1-2H3. The lowest BCUT2D eigenvalue weighted by atomic mass is 9.88. The number of hydrogen-bond donors (Lipinski definition) is 1. The van der Waals surface area contributed by atoms with Gasteiger partial charge in [-0.25, -0.2) is 0 Å². The Labute approximate surface area is 112 Å². The number of benzene rings is 1. The van der Waals surface area contributed by atoms with E-state index >= 15 is 0 Å². The van der Waals surface area contributed by atoms with Crippen LogP contribution in [0.5, 0.6) is 5.75 Å². The second kappa shape index (κ2) is 4.35. The molecular formula is C14H18N4O. The summed E-state index contributed by atoms with van der Waals surface area (Å²) in [6.45, 7) is 0. The van der Waals surface area contributed by atoms with E-state index in [9.17, 15) is 0 Å². The highest BCUT2D eigenvalue weighted by Gasteiger charge is 2.36. The van der Waals surface area contributed by atoms with Gasteiger partial charge in [-0.1, -0.05) is 11.3 Å². The Balaban J connectivity index is 1.94. The van der Waals surface area contributed by atoms with Crippen LogP contribution >= 0.6 is 0 Å². The van der Waals surface area contributed by atoms with Gasteiger partial charge in [0.05, 0.1) is 12.8 Å². The summed E-state index contributed by atoms with van der Waals surface area (Å²) in [4.78, 5) is 0. The van der Waals surface area contributed by atoms with Crippen LogP contribution in [0.25, 0.3) is 0 Å². The lowest BCUT2D eigenvalue weighted by Gasteiger charge is -2.24. The Morgan fingerprint density at radius 2 is 2.32 bits per heavy atom. The molecule has 2 aromatic rings. The summed E-state index contributed by atoms with van der Waals surface area (Å²) in [6, 6.07) is 6.16. The second-order valence-electron chi connectivity index (χ2n) is 5.24. The Hall–Kier alpha value is -1.88. The minimum Gasteiger partial charge on any atom is -0.497 e. The van der Waals surface area contributed by atoms with Crippen molar-refractivity contribution in [2.75, 3.05) is 7.11 Å². The van der Waals surface area contributed by atoms with Crippen LogP contribution in [0.15, 0.2) is 24.4 Å². The van der Waals surface area contributed by atoms with E-state index in [0.717, 1.165) is 24.3 Å². The minimum atomic E-state index is -0.361. The lowest BCUT2D eigenvalue weighted by Crippen LogP contribution is -2.36. The summed E-state index contributed by atoms with van der Waals surface area (Å²) in [5.41, 5.74) is 9.66. The van der Waals surface area contributed by atoms with Crippen molar-refractivity contribution in [3.05, 3.63) is 41.2 Å².